The molecule has 27 heavy (non-hydrogen) atoms. The Morgan fingerprint density at radius 1 is 1.15 bits per heavy atom. The number of carbonyl (C=O) groups is 1. The summed E-state index contributed by atoms with van der Waals surface area (Å²) < 4.78 is 13.7. The number of halogens is 1. The summed E-state index contributed by atoms with van der Waals surface area (Å²) in [6.07, 6.45) is 0. The standard InChI is InChI=1S/C20H16FN5O/c1-13-24-18(20(27)26-16-7-4-5-14(9-16)11-22)10-19(25-13)23-12-15-6-2-3-8-17(15)21/h2-10H,12H2,1H3,(H,26,27)(H,23,24,25). The molecule has 2 aromatic carbocycles. The maximum atomic E-state index is 13.7. The van der Waals surface area contributed by atoms with E-state index in [9.17, 15) is 9.18 Å². The molecule has 0 aliphatic rings. The van der Waals surface area contributed by atoms with Crippen molar-refractivity contribution in [2.75, 3.05) is 10.6 Å². The Morgan fingerprint density at radius 2 is 1.96 bits per heavy atom. The van der Waals surface area contributed by atoms with Gasteiger partial charge in [0.1, 0.15) is 23.2 Å². The highest BCUT2D eigenvalue weighted by Gasteiger charge is 2.12. The van der Waals surface area contributed by atoms with Gasteiger partial charge in [-0.15, -0.1) is 0 Å². The largest absolute Gasteiger partial charge is 0.366 e. The van der Waals surface area contributed by atoms with Crippen molar-refractivity contribution >= 4 is 17.4 Å². The van der Waals surface area contributed by atoms with Gasteiger partial charge in [-0.2, -0.15) is 5.26 Å². The molecular weight excluding hydrogens is 345 g/mol. The van der Waals surface area contributed by atoms with E-state index in [1.807, 2.05) is 6.07 Å². The third kappa shape index (κ3) is 4.64. The van der Waals surface area contributed by atoms with Crippen molar-refractivity contribution in [1.82, 2.24) is 9.97 Å². The van der Waals surface area contributed by atoms with Crippen LogP contribution in [0.15, 0.2) is 54.6 Å². The van der Waals surface area contributed by atoms with E-state index < -0.39 is 5.91 Å². The molecule has 0 unspecified atom stereocenters. The van der Waals surface area contributed by atoms with Gasteiger partial charge >= 0.3 is 0 Å². The molecular formula is C20H16FN5O. The highest BCUT2D eigenvalue weighted by molar-refractivity contribution is 6.03. The zero-order valence-corrected chi connectivity index (χ0v) is 14.5. The van der Waals surface area contributed by atoms with E-state index in [-0.39, 0.29) is 18.1 Å². The predicted molar refractivity (Wildman–Crippen MR) is 99.6 cm³/mol. The van der Waals surface area contributed by atoms with Gasteiger partial charge in [0.15, 0.2) is 0 Å². The van der Waals surface area contributed by atoms with Crippen LogP contribution in [-0.4, -0.2) is 15.9 Å². The fourth-order valence-corrected chi connectivity index (χ4v) is 2.46. The van der Waals surface area contributed by atoms with Gasteiger partial charge in [0.05, 0.1) is 11.6 Å². The third-order valence-corrected chi connectivity index (χ3v) is 3.74. The second-order valence-corrected chi connectivity index (χ2v) is 5.78. The monoisotopic (exact) mass is 361 g/mol. The van der Waals surface area contributed by atoms with Crippen molar-refractivity contribution in [2.45, 2.75) is 13.5 Å². The van der Waals surface area contributed by atoms with Gasteiger partial charge in [0, 0.05) is 23.9 Å². The van der Waals surface area contributed by atoms with Crippen LogP contribution in [-0.2, 0) is 6.54 Å². The van der Waals surface area contributed by atoms with Gasteiger partial charge in [-0.25, -0.2) is 14.4 Å². The van der Waals surface area contributed by atoms with Crippen LogP contribution in [0.2, 0.25) is 0 Å². The number of nitriles is 1. The predicted octanol–water partition coefficient (Wildman–Crippen LogP) is 3.66. The van der Waals surface area contributed by atoms with E-state index in [4.69, 9.17) is 5.26 Å². The van der Waals surface area contributed by atoms with Crippen molar-refractivity contribution in [3.05, 3.63) is 83.1 Å². The highest BCUT2D eigenvalue weighted by atomic mass is 19.1. The van der Waals surface area contributed by atoms with E-state index in [2.05, 4.69) is 20.6 Å². The molecule has 3 aromatic rings. The number of carbonyl (C=O) groups excluding carboxylic acids is 1. The van der Waals surface area contributed by atoms with E-state index in [1.54, 1.807) is 49.4 Å². The Morgan fingerprint density at radius 3 is 2.74 bits per heavy atom. The lowest BCUT2D eigenvalue weighted by molar-refractivity contribution is 0.102. The summed E-state index contributed by atoms with van der Waals surface area (Å²) >= 11 is 0. The van der Waals surface area contributed by atoms with E-state index >= 15 is 0 Å². The van der Waals surface area contributed by atoms with Crippen molar-refractivity contribution in [3.8, 4) is 6.07 Å². The van der Waals surface area contributed by atoms with Crippen molar-refractivity contribution in [3.63, 3.8) is 0 Å². The Bertz CT molecular complexity index is 1030. The number of aromatic nitrogens is 2. The maximum Gasteiger partial charge on any atom is 0.274 e. The van der Waals surface area contributed by atoms with E-state index in [0.717, 1.165) is 0 Å². The van der Waals surface area contributed by atoms with Crippen LogP contribution in [0.4, 0.5) is 15.9 Å². The summed E-state index contributed by atoms with van der Waals surface area (Å²) in [5.41, 5.74) is 1.60. The molecule has 0 fully saturated rings. The van der Waals surface area contributed by atoms with Crippen molar-refractivity contribution < 1.29 is 9.18 Å². The number of benzene rings is 2. The fraction of sp³-hybridized carbons (Fsp3) is 0.100. The first-order chi connectivity index (χ1) is 13.0. The molecule has 2 N–H and O–H groups in total. The molecule has 0 saturated carbocycles. The zero-order chi connectivity index (χ0) is 19.2. The smallest absolute Gasteiger partial charge is 0.274 e. The number of hydrogen-bond acceptors (Lipinski definition) is 5. The SMILES string of the molecule is Cc1nc(NCc2ccccc2F)cc(C(=O)Nc2cccc(C#N)c2)n1. The number of nitrogens with zero attached hydrogens (tertiary/aromatic N) is 3. The van der Waals surface area contributed by atoms with Crippen LogP contribution in [0, 0.1) is 24.1 Å². The highest BCUT2D eigenvalue weighted by Crippen LogP contribution is 2.14. The third-order valence-electron chi connectivity index (χ3n) is 3.74. The molecule has 0 radical (unpaired) electrons. The number of hydrogen-bond donors (Lipinski definition) is 2. The molecule has 0 saturated heterocycles. The summed E-state index contributed by atoms with van der Waals surface area (Å²) in [5.74, 6) is 0.0850. The van der Waals surface area contributed by atoms with E-state index in [1.165, 1.54) is 12.1 Å². The minimum atomic E-state index is -0.426. The molecule has 1 amide bonds. The first-order valence-corrected chi connectivity index (χ1v) is 8.19. The van der Waals surface area contributed by atoms with Gasteiger partial charge in [-0.3, -0.25) is 4.79 Å². The van der Waals surface area contributed by atoms with Crippen molar-refractivity contribution in [1.29, 1.82) is 5.26 Å². The quantitative estimate of drug-likeness (QED) is 0.724. The topological polar surface area (TPSA) is 90.7 Å². The second-order valence-electron chi connectivity index (χ2n) is 5.78. The summed E-state index contributed by atoms with van der Waals surface area (Å²) in [7, 11) is 0. The molecule has 6 nitrogen and oxygen atoms in total. The molecule has 0 spiro atoms. The number of anilines is 2. The van der Waals surface area contributed by atoms with Crippen LogP contribution in [0.5, 0.6) is 0 Å². The van der Waals surface area contributed by atoms with Crippen molar-refractivity contribution in [2.24, 2.45) is 0 Å². The summed E-state index contributed by atoms with van der Waals surface area (Å²) in [6.45, 7) is 1.90. The maximum absolute atomic E-state index is 13.7. The lowest BCUT2D eigenvalue weighted by Gasteiger charge is -2.10. The molecule has 1 heterocycles. The second kappa shape index (κ2) is 8.06. The van der Waals surface area contributed by atoms with Gasteiger partial charge in [0.2, 0.25) is 0 Å². The van der Waals surface area contributed by atoms with Gasteiger partial charge in [-0.1, -0.05) is 24.3 Å². The van der Waals surface area contributed by atoms with Crippen LogP contribution < -0.4 is 10.6 Å². The van der Waals surface area contributed by atoms with Crippen LogP contribution in [0.25, 0.3) is 0 Å². The first-order valence-electron chi connectivity index (χ1n) is 8.19. The zero-order valence-electron chi connectivity index (χ0n) is 14.5. The molecule has 0 atom stereocenters. The van der Waals surface area contributed by atoms with Crippen LogP contribution in [0.3, 0.4) is 0 Å². The number of aryl methyl sites for hydroxylation is 1. The molecule has 0 bridgehead atoms. The number of rotatable bonds is 5. The minimum absolute atomic E-state index is 0.167. The average Bonchev–Trinajstić information content (AvgIpc) is 2.67. The lowest BCUT2D eigenvalue weighted by atomic mass is 10.2. The number of amides is 1. The molecule has 7 heteroatoms. The molecule has 3 rings (SSSR count). The Balaban J connectivity index is 1.75. The fourth-order valence-electron chi connectivity index (χ4n) is 2.46. The Kier molecular flexibility index (Phi) is 5.38. The molecule has 0 aliphatic carbocycles. The molecule has 1 aromatic heterocycles. The molecule has 134 valence electrons. The summed E-state index contributed by atoms with van der Waals surface area (Å²) in [6, 6.07) is 16.5. The van der Waals surface area contributed by atoms with Gasteiger partial charge in [-0.05, 0) is 31.2 Å². The normalized spacial score (nSPS) is 10.1. The average molecular weight is 361 g/mol. The van der Waals surface area contributed by atoms with Crippen LogP contribution in [0.1, 0.15) is 27.4 Å². The Hall–Kier alpha value is -3.79. The van der Waals surface area contributed by atoms with Gasteiger partial charge < -0.3 is 10.6 Å². The molecule has 0 aliphatic heterocycles. The number of nitrogens with one attached hydrogen (secondary N) is 2. The first kappa shape index (κ1) is 18.0. The minimum Gasteiger partial charge on any atom is -0.366 e. The van der Waals surface area contributed by atoms with Gasteiger partial charge in [0.25, 0.3) is 5.91 Å². The summed E-state index contributed by atoms with van der Waals surface area (Å²) in [4.78, 5) is 20.8. The summed E-state index contributed by atoms with van der Waals surface area (Å²) in [5, 5.41) is 14.6. The van der Waals surface area contributed by atoms with E-state index in [0.29, 0.717) is 28.5 Å². The van der Waals surface area contributed by atoms with Crippen LogP contribution >= 0.6 is 0 Å². The lowest BCUT2D eigenvalue weighted by Crippen LogP contribution is -2.16. The Labute approximate surface area is 155 Å².